The molecule has 51 heavy (non-hydrogen) atoms. The number of nitrogens with one attached hydrogen (secondary N) is 2. The van der Waals surface area contributed by atoms with Crippen molar-refractivity contribution >= 4 is 49.9 Å². The molecule has 2 saturated heterocycles. The number of fused-ring (bicyclic) bond motifs is 2. The van der Waals surface area contributed by atoms with Crippen LogP contribution in [0, 0.1) is 12.3 Å². The van der Waals surface area contributed by atoms with Crippen LogP contribution in [-0.4, -0.2) is 98.2 Å². The van der Waals surface area contributed by atoms with Crippen LogP contribution in [0.25, 0.3) is 22.3 Å². The molecule has 8 atom stereocenters. The van der Waals surface area contributed by atoms with E-state index >= 15 is 0 Å². The number of imidazole rings is 2. The maximum Gasteiger partial charge on any atom is 0.472 e. The molecule has 0 amide bonds. The number of terminal acetylenes is 1. The Hall–Kier alpha value is -4.04. The Labute approximate surface area is 286 Å². The van der Waals surface area contributed by atoms with Gasteiger partial charge in [-0.15, -0.1) is 12.3 Å². The molecule has 0 aromatic carbocycles. The first-order valence-corrected chi connectivity index (χ1v) is 18.4. The first-order chi connectivity index (χ1) is 24.2. The third-order valence-corrected chi connectivity index (χ3v) is 9.95. The van der Waals surface area contributed by atoms with Gasteiger partial charge in [0, 0.05) is 19.3 Å². The van der Waals surface area contributed by atoms with Gasteiger partial charge in [-0.25, -0.2) is 19.1 Å². The molecule has 25 heteroatoms. The lowest BCUT2D eigenvalue weighted by molar-refractivity contribution is -0.0555. The van der Waals surface area contributed by atoms with Gasteiger partial charge in [0.15, 0.2) is 22.3 Å². The summed E-state index contributed by atoms with van der Waals surface area (Å²) in [7, 11) is -9.57. The second-order valence-corrected chi connectivity index (χ2v) is 14.4. The van der Waals surface area contributed by atoms with E-state index in [0.717, 1.165) is 0 Å². The fourth-order valence-electron chi connectivity index (χ4n) is 5.56. The van der Waals surface area contributed by atoms with Gasteiger partial charge in [0.1, 0.15) is 30.8 Å². The lowest BCUT2D eigenvalue weighted by atomic mass is 10.2. The predicted molar refractivity (Wildman–Crippen MR) is 173 cm³/mol. The SMILES string of the molecule is C#CCCCCOP(=O)(O)OC[C@H]1O[C@@H](n2cnc3c(=O)[nH]c(N)nc32)C[C@@H]1OP(=O)(O)OC[C@H]1O[C@@H](n2cnc3c(=O)[nH]c(N)nc32)C[C@@H]1O. The lowest BCUT2D eigenvalue weighted by Crippen LogP contribution is -2.30. The third kappa shape index (κ3) is 8.38. The number of phosphoric ester groups is 2. The van der Waals surface area contributed by atoms with Crippen molar-refractivity contribution in [3.63, 3.8) is 0 Å². The van der Waals surface area contributed by atoms with E-state index in [-0.39, 0.29) is 53.7 Å². The molecule has 6 rings (SSSR count). The van der Waals surface area contributed by atoms with Crippen LogP contribution in [0.2, 0.25) is 0 Å². The highest BCUT2D eigenvalue weighted by atomic mass is 31.2. The summed E-state index contributed by atoms with van der Waals surface area (Å²) in [6, 6.07) is 0. The molecule has 4 aromatic heterocycles. The summed E-state index contributed by atoms with van der Waals surface area (Å²) in [4.78, 5) is 66.3. The number of aliphatic hydroxyl groups is 1. The van der Waals surface area contributed by atoms with Gasteiger partial charge in [-0.1, -0.05) is 0 Å². The van der Waals surface area contributed by atoms with Gasteiger partial charge < -0.3 is 35.8 Å². The first-order valence-electron chi connectivity index (χ1n) is 15.4. The Bertz CT molecular complexity index is 2150. The average molecular weight is 757 g/mol. The van der Waals surface area contributed by atoms with Gasteiger partial charge in [0.05, 0.1) is 38.6 Å². The minimum Gasteiger partial charge on any atom is -0.390 e. The fraction of sp³-hybridized carbons (Fsp3) is 0.538. The Morgan fingerprint density at radius 2 is 1.43 bits per heavy atom. The number of nitrogens with two attached hydrogens (primary N) is 2. The van der Waals surface area contributed by atoms with Crippen LogP contribution in [-0.2, 0) is 36.7 Å². The van der Waals surface area contributed by atoms with Crippen molar-refractivity contribution in [3.05, 3.63) is 33.4 Å². The summed E-state index contributed by atoms with van der Waals surface area (Å²) in [6.45, 7) is -1.39. The molecule has 0 radical (unpaired) electrons. The normalized spacial score (nSPS) is 26.0. The number of ether oxygens (including phenoxy) is 2. The topological polar surface area (TPSA) is 329 Å². The van der Waals surface area contributed by atoms with Crippen molar-refractivity contribution in [1.29, 1.82) is 0 Å². The zero-order valence-electron chi connectivity index (χ0n) is 26.5. The number of aromatic amines is 2. The summed E-state index contributed by atoms with van der Waals surface area (Å²) >= 11 is 0. The molecule has 2 unspecified atom stereocenters. The molecular formula is C26H34N10O13P2. The Morgan fingerprint density at radius 1 is 0.882 bits per heavy atom. The van der Waals surface area contributed by atoms with Crippen LogP contribution in [0.15, 0.2) is 22.2 Å². The number of hydrogen-bond acceptors (Lipinski definition) is 17. The summed E-state index contributed by atoms with van der Waals surface area (Å²) in [6.07, 6.45) is 2.12. The molecule has 6 heterocycles. The first kappa shape index (κ1) is 36.7. The number of phosphoric acid groups is 2. The van der Waals surface area contributed by atoms with Crippen LogP contribution in [0.3, 0.4) is 0 Å². The van der Waals surface area contributed by atoms with Crippen LogP contribution in [0.5, 0.6) is 0 Å². The molecule has 9 N–H and O–H groups in total. The van der Waals surface area contributed by atoms with Crippen molar-refractivity contribution in [2.45, 2.75) is 69.0 Å². The van der Waals surface area contributed by atoms with Gasteiger partial charge >= 0.3 is 15.6 Å². The highest BCUT2D eigenvalue weighted by molar-refractivity contribution is 7.47. The Morgan fingerprint density at radius 3 is 2.04 bits per heavy atom. The average Bonchev–Trinajstić information content (AvgIpc) is 3.84. The summed E-state index contributed by atoms with van der Waals surface area (Å²) in [5.74, 6) is 2.08. The molecule has 0 bridgehead atoms. The minimum atomic E-state index is -4.96. The fourth-order valence-corrected chi connectivity index (χ4v) is 7.29. The Balaban J connectivity index is 1.13. The molecule has 2 aliphatic heterocycles. The second kappa shape index (κ2) is 14.9. The summed E-state index contributed by atoms with van der Waals surface area (Å²) in [5.41, 5.74) is 10.2. The molecule has 2 fully saturated rings. The van der Waals surface area contributed by atoms with Gasteiger partial charge in [-0.3, -0.25) is 46.8 Å². The lowest BCUT2D eigenvalue weighted by Gasteiger charge is -2.23. The van der Waals surface area contributed by atoms with Crippen molar-refractivity contribution in [2.75, 3.05) is 31.3 Å². The van der Waals surface area contributed by atoms with Crippen LogP contribution < -0.4 is 22.6 Å². The van der Waals surface area contributed by atoms with E-state index in [1.165, 1.54) is 21.8 Å². The van der Waals surface area contributed by atoms with Gasteiger partial charge in [-0.2, -0.15) is 9.97 Å². The third-order valence-electron chi connectivity index (χ3n) is 7.95. The van der Waals surface area contributed by atoms with Crippen LogP contribution >= 0.6 is 15.6 Å². The molecule has 0 aliphatic carbocycles. The predicted octanol–water partition coefficient (Wildman–Crippen LogP) is -0.208. The number of H-pyrrole nitrogens is 2. The largest absolute Gasteiger partial charge is 0.472 e. The van der Waals surface area contributed by atoms with E-state index in [2.05, 4.69) is 35.8 Å². The zero-order chi connectivity index (χ0) is 36.5. The number of anilines is 2. The molecule has 23 nitrogen and oxygen atoms in total. The zero-order valence-corrected chi connectivity index (χ0v) is 28.3. The quantitative estimate of drug-likeness (QED) is 0.0469. The molecule has 0 saturated carbocycles. The van der Waals surface area contributed by atoms with E-state index in [0.29, 0.717) is 19.3 Å². The van der Waals surface area contributed by atoms with Crippen LogP contribution in [0.1, 0.15) is 44.6 Å². The van der Waals surface area contributed by atoms with Gasteiger partial charge in [0.2, 0.25) is 11.9 Å². The van der Waals surface area contributed by atoms with E-state index in [1.807, 2.05) is 0 Å². The smallest absolute Gasteiger partial charge is 0.390 e. The van der Waals surface area contributed by atoms with Crippen LogP contribution in [0.4, 0.5) is 11.9 Å². The van der Waals surface area contributed by atoms with Crippen molar-refractivity contribution < 1.29 is 51.6 Å². The molecule has 276 valence electrons. The van der Waals surface area contributed by atoms with E-state index in [9.17, 15) is 33.6 Å². The number of aliphatic hydroxyl groups excluding tert-OH is 1. The number of nitrogen functional groups attached to an aromatic ring is 2. The van der Waals surface area contributed by atoms with Crippen molar-refractivity contribution in [1.82, 2.24) is 39.0 Å². The van der Waals surface area contributed by atoms with Gasteiger partial charge in [0.25, 0.3) is 11.1 Å². The maximum absolute atomic E-state index is 13.2. The number of aromatic nitrogens is 8. The molecular weight excluding hydrogens is 722 g/mol. The molecule has 4 aromatic rings. The van der Waals surface area contributed by atoms with Crippen molar-refractivity contribution in [3.8, 4) is 12.3 Å². The summed E-state index contributed by atoms with van der Waals surface area (Å²) in [5, 5.41) is 10.7. The second-order valence-electron chi connectivity index (χ2n) is 11.5. The molecule has 0 spiro atoms. The van der Waals surface area contributed by atoms with E-state index in [1.54, 1.807) is 0 Å². The summed E-state index contributed by atoms with van der Waals surface area (Å²) < 4.78 is 61.1. The van der Waals surface area contributed by atoms with Crippen molar-refractivity contribution in [2.24, 2.45) is 0 Å². The minimum absolute atomic E-state index is 0.00946. The number of unbranched alkanes of at least 4 members (excludes halogenated alkanes) is 2. The number of hydrogen-bond donors (Lipinski definition) is 7. The van der Waals surface area contributed by atoms with E-state index in [4.69, 9.17) is 45.5 Å². The molecule has 2 aliphatic rings. The highest BCUT2D eigenvalue weighted by Crippen LogP contribution is 2.50. The number of rotatable bonds is 15. The van der Waals surface area contributed by atoms with Gasteiger partial charge in [-0.05, 0) is 12.8 Å². The monoisotopic (exact) mass is 756 g/mol. The highest BCUT2D eigenvalue weighted by Gasteiger charge is 2.45. The number of nitrogens with zero attached hydrogens (tertiary/aromatic N) is 6. The van der Waals surface area contributed by atoms with E-state index < -0.39 is 76.8 Å². The Kier molecular flexibility index (Phi) is 10.7. The standard InChI is InChI=1S/C26H34N10O13P2/c1-2-3-4-5-6-44-50(40,41)45-10-16-14(8-18(48-16)36-12-30-20-22(36)32-26(28)34-24(20)39)49-51(42,43)46-9-15-13(37)7-17(47-15)35-11-29-19-21(35)31-25(27)33-23(19)38/h1,11-18,37H,3-10H2,(H,40,41)(H,42,43)(H3,27,31,33,38)(H3,28,32,34,39)/t13-,14-,15+,16+,17+,18+/m0/s1. The maximum atomic E-state index is 13.2.